The topological polar surface area (TPSA) is 122 Å². The molecule has 0 aliphatic heterocycles. The van der Waals surface area contributed by atoms with Gasteiger partial charge in [-0.15, -0.1) is 0 Å². The zero-order chi connectivity index (χ0) is 22.6. The van der Waals surface area contributed by atoms with Gasteiger partial charge in [-0.05, 0) is 61.1 Å². The van der Waals surface area contributed by atoms with E-state index in [1.165, 1.54) is 16.7 Å². The Kier molecular flexibility index (Phi) is 7.81. The Bertz CT molecular complexity index is 828. The summed E-state index contributed by atoms with van der Waals surface area (Å²) >= 11 is 0. The van der Waals surface area contributed by atoms with Crippen LogP contribution in [0.25, 0.3) is 0 Å². The van der Waals surface area contributed by atoms with Crippen molar-refractivity contribution in [3.63, 3.8) is 0 Å². The van der Waals surface area contributed by atoms with E-state index in [0.717, 1.165) is 38.5 Å². The molecule has 1 amide bonds. The first-order valence-corrected chi connectivity index (χ1v) is 12.6. The lowest BCUT2D eigenvalue weighted by molar-refractivity contribution is 0.0624. The van der Waals surface area contributed by atoms with Gasteiger partial charge < -0.3 is 25.2 Å². The molecular formula is C22H35N2O6P. The molecule has 1 saturated carbocycles. The minimum absolute atomic E-state index is 0.0945. The van der Waals surface area contributed by atoms with Crippen LogP contribution < -0.4 is 5.73 Å². The van der Waals surface area contributed by atoms with Gasteiger partial charge in [0.25, 0.3) is 0 Å². The van der Waals surface area contributed by atoms with E-state index in [9.17, 15) is 9.36 Å². The number of phosphoric ester groups is 1. The average molecular weight is 455 g/mol. The first-order valence-electron chi connectivity index (χ1n) is 11.1. The first-order chi connectivity index (χ1) is 14.6. The van der Waals surface area contributed by atoms with Crippen molar-refractivity contribution in [2.24, 2.45) is 5.73 Å². The molecule has 0 aromatic heterocycles. The van der Waals surface area contributed by atoms with E-state index in [0.29, 0.717) is 19.4 Å². The molecule has 2 aliphatic carbocycles. The Hall–Kier alpha value is -1.44. The number of hydrogen-bond donors (Lipinski definition) is 3. The van der Waals surface area contributed by atoms with Crippen LogP contribution >= 0.6 is 7.82 Å². The fourth-order valence-corrected chi connectivity index (χ4v) is 5.03. The van der Waals surface area contributed by atoms with E-state index in [-0.39, 0.29) is 24.7 Å². The molecule has 8 nitrogen and oxygen atoms in total. The second-order valence-corrected chi connectivity index (χ2v) is 10.4. The van der Waals surface area contributed by atoms with Crippen LogP contribution in [0.2, 0.25) is 0 Å². The van der Waals surface area contributed by atoms with E-state index < -0.39 is 13.4 Å². The van der Waals surface area contributed by atoms with E-state index in [2.05, 4.69) is 29.6 Å². The number of nitrogens with zero attached hydrogens (tertiary/aromatic N) is 1. The standard InChI is InChI=1S/C22H35N2O6P/c1-3-4-11-24(2)21(25)30-20-8-7-16-12-17(5-6-18(16)13-20)19-9-10-22(23,14-19)15-29-31(26,27)28/h5-6,12,19-20H,3-4,7-11,13-15,23H2,1-2H3,(H2,26,27,28)/t19-,20?,22+/m0/s1. The first kappa shape index (κ1) is 24.2. The van der Waals surface area contributed by atoms with Gasteiger partial charge in [0.2, 0.25) is 0 Å². The van der Waals surface area contributed by atoms with Crippen molar-refractivity contribution in [1.82, 2.24) is 4.90 Å². The molecule has 0 heterocycles. The van der Waals surface area contributed by atoms with Crippen molar-refractivity contribution in [1.29, 1.82) is 0 Å². The summed E-state index contributed by atoms with van der Waals surface area (Å²) in [6.45, 7) is 2.67. The lowest BCUT2D eigenvalue weighted by Crippen LogP contribution is -2.41. The van der Waals surface area contributed by atoms with Crippen LogP contribution in [-0.4, -0.2) is 52.6 Å². The van der Waals surface area contributed by atoms with Gasteiger partial charge in [-0.3, -0.25) is 4.52 Å². The van der Waals surface area contributed by atoms with Crippen LogP contribution in [0.4, 0.5) is 4.79 Å². The van der Waals surface area contributed by atoms with Gasteiger partial charge in [-0.25, -0.2) is 9.36 Å². The Labute approximate surface area is 184 Å². The summed E-state index contributed by atoms with van der Waals surface area (Å²) < 4.78 is 21.4. The number of unbranched alkanes of at least 4 members (excludes halogenated alkanes) is 1. The molecule has 1 fully saturated rings. The van der Waals surface area contributed by atoms with Gasteiger partial charge in [0, 0.05) is 25.6 Å². The molecule has 174 valence electrons. The van der Waals surface area contributed by atoms with Crippen LogP contribution in [0, 0.1) is 0 Å². The Morgan fingerprint density at radius 1 is 1.32 bits per heavy atom. The number of carbonyl (C=O) groups is 1. The number of aryl methyl sites for hydroxylation is 1. The van der Waals surface area contributed by atoms with E-state index >= 15 is 0 Å². The van der Waals surface area contributed by atoms with E-state index in [1.54, 1.807) is 11.9 Å². The number of phosphoric acid groups is 1. The number of fused-ring (bicyclic) bond motifs is 1. The average Bonchev–Trinajstić information content (AvgIpc) is 3.12. The van der Waals surface area contributed by atoms with Gasteiger partial charge in [0.05, 0.1) is 6.61 Å². The number of hydrogen-bond acceptors (Lipinski definition) is 5. The number of nitrogens with two attached hydrogens (primary N) is 1. The molecule has 31 heavy (non-hydrogen) atoms. The highest BCUT2D eigenvalue weighted by molar-refractivity contribution is 7.46. The maximum Gasteiger partial charge on any atom is 0.469 e. The second-order valence-electron chi connectivity index (χ2n) is 9.12. The molecule has 3 atom stereocenters. The normalized spacial score (nSPS) is 25.8. The smallest absolute Gasteiger partial charge is 0.446 e. The summed E-state index contributed by atoms with van der Waals surface area (Å²) in [5.41, 5.74) is 9.31. The lowest BCUT2D eigenvalue weighted by atomic mass is 9.85. The van der Waals surface area contributed by atoms with Crippen molar-refractivity contribution in [3.05, 3.63) is 34.9 Å². The second kappa shape index (κ2) is 10.0. The SMILES string of the molecule is CCCCN(C)C(=O)OC1CCc2cc([C@H]3CC[C@](N)(COP(=O)(O)O)C3)ccc2C1. The fraction of sp³-hybridized carbons (Fsp3) is 0.682. The van der Waals surface area contributed by atoms with Crippen LogP contribution in [0.5, 0.6) is 0 Å². The zero-order valence-corrected chi connectivity index (χ0v) is 19.4. The van der Waals surface area contributed by atoms with Crippen LogP contribution in [0.3, 0.4) is 0 Å². The molecule has 4 N–H and O–H groups in total. The third-order valence-corrected chi connectivity index (χ3v) is 6.94. The summed E-state index contributed by atoms with van der Waals surface area (Å²) in [4.78, 5) is 31.8. The maximum absolute atomic E-state index is 12.3. The van der Waals surface area contributed by atoms with Gasteiger partial charge in [-0.1, -0.05) is 31.5 Å². The summed E-state index contributed by atoms with van der Waals surface area (Å²) in [5, 5.41) is 0. The number of ether oxygens (including phenoxy) is 1. The number of benzene rings is 1. The van der Waals surface area contributed by atoms with Crippen LogP contribution in [0.15, 0.2) is 18.2 Å². The molecule has 0 saturated heterocycles. The summed E-state index contributed by atoms with van der Waals surface area (Å²) in [5.74, 6) is 0.249. The Morgan fingerprint density at radius 3 is 2.81 bits per heavy atom. The minimum atomic E-state index is -4.52. The molecule has 1 aromatic carbocycles. The molecule has 3 rings (SSSR count). The van der Waals surface area contributed by atoms with Crippen molar-refractivity contribution in [2.75, 3.05) is 20.2 Å². The predicted molar refractivity (Wildman–Crippen MR) is 118 cm³/mol. The molecule has 0 bridgehead atoms. The largest absolute Gasteiger partial charge is 0.469 e. The highest BCUT2D eigenvalue weighted by Crippen LogP contribution is 2.44. The third kappa shape index (κ3) is 6.77. The number of rotatable bonds is 8. The molecule has 2 aliphatic rings. The van der Waals surface area contributed by atoms with Gasteiger partial charge in [0.15, 0.2) is 0 Å². The molecule has 1 aromatic rings. The molecule has 9 heteroatoms. The number of carbonyl (C=O) groups excluding carboxylic acids is 1. The molecule has 1 unspecified atom stereocenters. The van der Waals surface area contributed by atoms with E-state index in [1.807, 2.05) is 0 Å². The fourth-order valence-electron chi connectivity index (χ4n) is 4.60. The van der Waals surface area contributed by atoms with Crippen LogP contribution in [0.1, 0.15) is 68.1 Å². The Balaban J connectivity index is 1.57. The van der Waals surface area contributed by atoms with Gasteiger partial charge in [0.1, 0.15) is 6.10 Å². The highest BCUT2D eigenvalue weighted by atomic mass is 31.2. The summed E-state index contributed by atoms with van der Waals surface area (Å²) in [7, 11) is -2.73. The van der Waals surface area contributed by atoms with Crippen molar-refractivity contribution < 1.29 is 28.4 Å². The summed E-state index contributed by atoms with van der Waals surface area (Å²) in [6.07, 6.45) is 6.23. The number of amides is 1. The summed E-state index contributed by atoms with van der Waals surface area (Å²) in [6, 6.07) is 6.45. The van der Waals surface area contributed by atoms with Crippen molar-refractivity contribution in [2.45, 2.75) is 75.9 Å². The zero-order valence-electron chi connectivity index (χ0n) is 18.5. The van der Waals surface area contributed by atoms with Crippen molar-refractivity contribution >= 4 is 13.9 Å². The highest BCUT2D eigenvalue weighted by Gasteiger charge is 2.38. The van der Waals surface area contributed by atoms with Crippen molar-refractivity contribution in [3.8, 4) is 0 Å². The predicted octanol–water partition coefficient (Wildman–Crippen LogP) is 3.49. The third-order valence-electron chi connectivity index (χ3n) is 6.47. The maximum atomic E-state index is 12.3. The lowest BCUT2D eigenvalue weighted by Gasteiger charge is -2.28. The molecular weight excluding hydrogens is 419 g/mol. The Morgan fingerprint density at radius 2 is 2.10 bits per heavy atom. The quantitative estimate of drug-likeness (QED) is 0.514. The van der Waals surface area contributed by atoms with Gasteiger partial charge in [-0.2, -0.15) is 0 Å². The molecule has 0 radical (unpaired) electrons. The monoisotopic (exact) mass is 454 g/mol. The van der Waals surface area contributed by atoms with Gasteiger partial charge >= 0.3 is 13.9 Å². The van der Waals surface area contributed by atoms with Crippen LogP contribution in [-0.2, 0) is 26.7 Å². The molecule has 0 spiro atoms. The van der Waals surface area contributed by atoms with E-state index in [4.69, 9.17) is 20.3 Å². The minimum Gasteiger partial charge on any atom is -0.446 e.